The van der Waals surface area contributed by atoms with Crippen LogP contribution in [0.15, 0.2) is 30.3 Å². The molecule has 0 bridgehead atoms. The van der Waals surface area contributed by atoms with Crippen LogP contribution >= 0.6 is 0 Å². The Bertz CT molecular complexity index is 449. The lowest BCUT2D eigenvalue weighted by atomic mass is 10.0. The van der Waals surface area contributed by atoms with Gasteiger partial charge in [-0.2, -0.15) is 0 Å². The summed E-state index contributed by atoms with van der Waals surface area (Å²) in [7, 11) is 0. The Balaban J connectivity index is 2.38. The zero-order valence-electron chi connectivity index (χ0n) is 12.6. The normalized spacial score (nSPS) is 12.6. The lowest BCUT2D eigenvalue weighted by molar-refractivity contribution is -0.120. The number of hydrogen-bond donors (Lipinski definition) is 1. The standard InChI is InChI=1S/C16H23NO3/c1-12(17-15(19)20-16(2,3)4)14(18)11-10-13-8-6-5-7-9-13/h5-9,12H,10-11H2,1-4H3,(H,17,19)/t12-/m1/s1. The minimum atomic E-state index is -0.559. The molecule has 110 valence electrons. The van der Waals surface area contributed by atoms with Gasteiger partial charge in [0.05, 0.1) is 6.04 Å². The molecule has 0 unspecified atom stereocenters. The van der Waals surface area contributed by atoms with Gasteiger partial charge < -0.3 is 10.1 Å². The first-order chi connectivity index (χ1) is 9.28. The van der Waals surface area contributed by atoms with Crippen molar-refractivity contribution in [2.24, 2.45) is 0 Å². The van der Waals surface area contributed by atoms with Crippen molar-refractivity contribution in [3.05, 3.63) is 35.9 Å². The molecule has 1 rings (SSSR count). The van der Waals surface area contributed by atoms with Gasteiger partial charge in [0.25, 0.3) is 0 Å². The van der Waals surface area contributed by atoms with Crippen LogP contribution in [-0.2, 0) is 16.0 Å². The molecule has 1 atom stereocenters. The summed E-state index contributed by atoms with van der Waals surface area (Å²) < 4.78 is 5.12. The molecule has 0 saturated carbocycles. The molecule has 0 aromatic heterocycles. The topological polar surface area (TPSA) is 55.4 Å². The van der Waals surface area contributed by atoms with E-state index in [0.717, 1.165) is 5.56 Å². The van der Waals surface area contributed by atoms with E-state index in [1.807, 2.05) is 30.3 Å². The van der Waals surface area contributed by atoms with Gasteiger partial charge in [0.1, 0.15) is 5.60 Å². The van der Waals surface area contributed by atoms with Gasteiger partial charge in [-0.3, -0.25) is 4.79 Å². The summed E-state index contributed by atoms with van der Waals surface area (Å²) in [5.74, 6) is -0.000266. The van der Waals surface area contributed by atoms with Crippen molar-refractivity contribution in [2.45, 2.75) is 52.2 Å². The summed E-state index contributed by atoms with van der Waals surface area (Å²) >= 11 is 0. The number of aryl methyl sites for hydroxylation is 1. The van der Waals surface area contributed by atoms with E-state index in [1.54, 1.807) is 27.7 Å². The molecule has 0 aliphatic carbocycles. The second-order valence-corrected chi connectivity index (χ2v) is 5.82. The molecule has 0 radical (unpaired) electrons. The molecule has 0 saturated heterocycles. The van der Waals surface area contributed by atoms with Crippen LogP contribution in [0.2, 0.25) is 0 Å². The number of hydrogen-bond acceptors (Lipinski definition) is 3. The number of alkyl carbamates (subject to hydrolysis) is 1. The van der Waals surface area contributed by atoms with Crippen LogP contribution in [0, 0.1) is 0 Å². The Morgan fingerprint density at radius 3 is 2.35 bits per heavy atom. The molecule has 0 fully saturated rings. The van der Waals surface area contributed by atoms with Crippen LogP contribution in [0.3, 0.4) is 0 Å². The maximum absolute atomic E-state index is 11.9. The lowest BCUT2D eigenvalue weighted by Crippen LogP contribution is -2.41. The average molecular weight is 277 g/mol. The van der Waals surface area contributed by atoms with E-state index < -0.39 is 17.7 Å². The second-order valence-electron chi connectivity index (χ2n) is 5.82. The fourth-order valence-electron chi connectivity index (χ4n) is 1.69. The maximum Gasteiger partial charge on any atom is 0.408 e. The van der Waals surface area contributed by atoms with Crippen LogP contribution in [0.1, 0.15) is 39.7 Å². The van der Waals surface area contributed by atoms with Crippen LogP contribution < -0.4 is 5.32 Å². The van der Waals surface area contributed by atoms with E-state index in [9.17, 15) is 9.59 Å². The van der Waals surface area contributed by atoms with Gasteiger partial charge in [0.2, 0.25) is 0 Å². The second kappa shape index (κ2) is 7.08. The largest absolute Gasteiger partial charge is 0.444 e. The van der Waals surface area contributed by atoms with Gasteiger partial charge in [-0.15, -0.1) is 0 Å². The van der Waals surface area contributed by atoms with Crippen molar-refractivity contribution >= 4 is 11.9 Å². The number of nitrogens with one attached hydrogen (secondary N) is 1. The lowest BCUT2D eigenvalue weighted by Gasteiger charge is -2.21. The quantitative estimate of drug-likeness (QED) is 0.899. The molecular weight excluding hydrogens is 254 g/mol. The summed E-state index contributed by atoms with van der Waals surface area (Å²) in [5.41, 5.74) is 0.557. The third-order valence-corrected chi connectivity index (χ3v) is 2.72. The van der Waals surface area contributed by atoms with Gasteiger partial charge in [-0.1, -0.05) is 30.3 Å². The van der Waals surface area contributed by atoms with Crippen molar-refractivity contribution in [3.63, 3.8) is 0 Å². The molecule has 0 spiro atoms. The highest BCUT2D eigenvalue weighted by Gasteiger charge is 2.20. The van der Waals surface area contributed by atoms with Crippen molar-refractivity contribution in [2.75, 3.05) is 0 Å². The van der Waals surface area contributed by atoms with Crippen LogP contribution in [-0.4, -0.2) is 23.5 Å². The first-order valence-corrected chi connectivity index (χ1v) is 6.84. The summed E-state index contributed by atoms with van der Waals surface area (Å²) in [4.78, 5) is 23.5. The number of amides is 1. The summed E-state index contributed by atoms with van der Waals surface area (Å²) in [5, 5.41) is 2.56. The molecule has 1 N–H and O–H groups in total. The predicted molar refractivity (Wildman–Crippen MR) is 78.6 cm³/mol. The van der Waals surface area contributed by atoms with Crippen LogP contribution in [0.4, 0.5) is 4.79 Å². The van der Waals surface area contributed by atoms with E-state index in [4.69, 9.17) is 4.74 Å². The molecule has 0 aliphatic rings. The molecule has 1 aromatic carbocycles. The Labute approximate surface area is 120 Å². The summed E-state index contributed by atoms with van der Waals surface area (Å²) in [6, 6.07) is 9.27. The Morgan fingerprint density at radius 2 is 1.80 bits per heavy atom. The zero-order chi connectivity index (χ0) is 15.2. The van der Waals surface area contributed by atoms with Crippen molar-refractivity contribution < 1.29 is 14.3 Å². The number of ether oxygens (including phenoxy) is 1. The number of rotatable bonds is 5. The first kappa shape index (κ1) is 16.2. The molecule has 1 aromatic rings. The third kappa shape index (κ3) is 6.36. The monoisotopic (exact) mass is 277 g/mol. The smallest absolute Gasteiger partial charge is 0.408 e. The van der Waals surface area contributed by atoms with E-state index in [1.165, 1.54) is 0 Å². The number of benzene rings is 1. The zero-order valence-corrected chi connectivity index (χ0v) is 12.6. The van der Waals surface area contributed by atoms with E-state index >= 15 is 0 Å². The Hall–Kier alpha value is -1.84. The fourth-order valence-corrected chi connectivity index (χ4v) is 1.69. The maximum atomic E-state index is 11.9. The van der Waals surface area contributed by atoms with Crippen molar-refractivity contribution in [3.8, 4) is 0 Å². The van der Waals surface area contributed by atoms with E-state index in [2.05, 4.69) is 5.32 Å². The Morgan fingerprint density at radius 1 is 1.20 bits per heavy atom. The molecule has 1 amide bonds. The minimum absolute atomic E-state index is 0.000266. The van der Waals surface area contributed by atoms with Crippen molar-refractivity contribution in [1.29, 1.82) is 0 Å². The SMILES string of the molecule is C[C@@H](NC(=O)OC(C)(C)C)C(=O)CCc1ccccc1. The fraction of sp³-hybridized carbons (Fsp3) is 0.500. The highest BCUT2D eigenvalue weighted by Crippen LogP contribution is 2.08. The van der Waals surface area contributed by atoms with E-state index in [0.29, 0.717) is 12.8 Å². The van der Waals surface area contributed by atoms with E-state index in [-0.39, 0.29) is 5.78 Å². The number of carbonyl (C=O) groups excluding carboxylic acids is 2. The van der Waals surface area contributed by atoms with Gasteiger partial charge in [-0.25, -0.2) is 4.79 Å². The molecule has 20 heavy (non-hydrogen) atoms. The molecular formula is C16H23NO3. The van der Waals surface area contributed by atoms with Gasteiger partial charge in [0.15, 0.2) is 5.78 Å². The highest BCUT2D eigenvalue weighted by atomic mass is 16.6. The molecule has 4 heteroatoms. The average Bonchev–Trinajstić information content (AvgIpc) is 2.34. The predicted octanol–water partition coefficient (Wildman–Crippen LogP) is 3.10. The number of carbonyl (C=O) groups is 2. The summed E-state index contributed by atoms with van der Waals surface area (Å²) in [6.45, 7) is 7.04. The molecule has 0 heterocycles. The third-order valence-electron chi connectivity index (χ3n) is 2.72. The first-order valence-electron chi connectivity index (χ1n) is 6.84. The minimum Gasteiger partial charge on any atom is -0.444 e. The van der Waals surface area contributed by atoms with Crippen LogP contribution in [0.25, 0.3) is 0 Å². The molecule has 0 aliphatic heterocycles. The van der Waals surface area contributed by atoms with Gasteiger partial charge >= 0.3 is 6.09 Å². The number of Topliss-reactive ketones (excluding diaryl/α,β-unsaturated/α-hetero) is 1. The van der Waals surface area contributed by atoms with Gasteiger partial charge in [-0.05, 0) is 39.7 Å². The van der Waals surface area contributed by atoms with Crippen molar-refractivity contribution in [1.82, 2.24) is 5.32 Å². The van der Waals surface area contributed by atoms with Crippen LogP contribution in [0.5, 0.6) is 0 Å². The number of ketones is 1. The summed E-state index contributed by atoms with van der Waals surface area (Å²) in [6.07, 6.45) is 0.527. The van der Waals surface area contributed by atoms with Gasteiger partial charge in [0, 0.05) is 6.42 Å². The highest BCUT2D eigenvalue weighted by molar-refractivity contribution is 5.87. The Kier molecular flexibility index (Phi) is 5.74. The molecule has 4 nitrogen and oxygen atoms in total.